The average molecular weight is 401 g/mol. The molecule has 0 amide bonds. The summed E-state index contributed by atoms with van der Waals surface area (Å²) < 4.78 is 0. The van der Waals surface area contributed by atoms with Crippen LogP contribution in [0.4, 0.5) is 0 Å². The number of nitrogens with one attached hydrogen (secondary N) is 1. The number of nitrogens with zero attached hydrogens (tertiary/aromatic N) is 1. The van der Waals surface area contributed by atoms with Gasteiger partial charge in [0.25, 0.3) is 0 Å². The average Bonchev–Trinajstić information content (AvgIpc) is 2.76. The van der Waals surface area contributed by atoms with E-state index in [1.165, 1.54) is 36.8 Å². The molecule has 1 aliphatic rings. The summed E-state index contributed by atoms with van der Waals surface area (Å²) in [6, 6.07) is 19.6. The van der Waals surface area contributed by atoms with Crippen molar-refractivity contribution in [3.05, 3.63) is 70.7 Å². The van der Waals surface area contributed by atoms with Crippen molar-refractivity contribution in [2.45, 2.75) is 64.5 Å². The van der Waals surface area contributed by atoms with Crippen molar-refractivity contribution in [1.29, 1.82) is 0 Å². The van der Waals surface area contributed by atoms with Crippen molar-refractivity contribution >= 4 is 11.6 Å². The van der Waals surface area contributed by atoms with Crippen molar-refractivity contribution < 1.29 is 0 Å². The molecule has 2 aromatic carbocycles. The van der Waals surface area contributed by atoms with Crippen LogP contribution in [-0.4, -0.2) is 31.1 Å². The molecule has 1 N–H and O–H groups in total. The van der Waals surface area contributed by atoms with Crippen molar-refractivity contribution in [3.63, 3.8) is 0 Å². The molecule has 0 aliphatic heterocycles. The summed E-state index contributed by atoms with van der Waals surface area (Å²) in [5.74, 6) is 0. The highest BCUT2D eigenvalue weighted by Gasteiger charge is 2.40. The van der Waals surface area contributed by atoms with Gasteiger partial charge in [-0.25, -0.2) is 0 Å². The third-order valence-electron chi connectivity index (χ3n) is 6.22. The number of rotatable bonds is 6. The Labute approximate surface area is 177 Å². The second-order valence-corrected chi connectivity index (χ2v) is 8.05. The predicted molar refractivity (Wildman–Crippen MR) is 123 cm³/mol. The van der Waals surface area contributed by atoms with Gasteiger partial charge in [-0.3, -0.25) is 4.90 Å². The van der Waals surface area contributed by atoms with Crippen molar-refractivity contribution in [3.8, 4) is 0 Å². The Morgan fingerprint density at radius 1 is 0.929 bits per heavy atom. The van der Waals surface area contributed by atoms with Gasteiger partial charge in [0, 0.05) is 16.6 Å². The Morgan fingerprint density at radius 3 is 1.93 bits per heavy atom. The van der Waals surface area contributed by atoms with Crippen molar-refractivity contribution in [2.75, 3.05) is 20.1 Å². The molecule has 3 rings (SSSR count). The number of hydrogen-bond acceptors (Lipinski definition) is 2. The molecule has 2 nitrogen and oxygen atoms in total. The molecule has 0 saturated heterocycles. The highest BCUT2D eigenvalue weighted by Crippen LogP contribution is 2.42. The van der Waals surface area contributed by atoms with Gasteiger partial charge in [0.2, 0.25) is 0 Å². The van der Waals surface area contributed by atoms with E-state index in [0.29, 0.717) is 6.04 Å². The van der Waals surface area contributed by atoms with Gasteiger partial charge in [0.05, 0.1) is 0 Å². The SMILES string of the molecule is CCN(CC)C1(c2ccc(Cl)cc2)CCC(NC)CC1.CCc1ccccc1. The van der Waals surface area contributed by atoms with Crippen LogP contribution in [0.3, 0.4) is 0 Å². The van der Waals surface area contributed by atoms with E-state index in [4.69, 9.17) is 11.6 Å². The Hall–Kier alpha value is -1.35. The molecule has 0 unspecified atom stereocenters. The number of hydrogen-bond donors (Lipinski definition) is 1. The molecule has 1 aliphatic carbocycles. The number of aryl methyl sites for hydroxylation is 1. The van der Waals surface area contributed by atoms with E-state index in [1.807, 2.05) is 18.2 Å². The van der Waals surface area contributed by atoms with Crippen LogP contribution in [0.25, 0.3) is 0 Å². The fraction of sp³-hybridized carbons (Fsp3) is 0.520. The molecule has 0 atom stereocenters. The Morgan fingerprint density at radius 2 is 1.50 bits per heavy atom. The molecule has 0 spiro atoms. The fourth-order valence-electron chi connectivity index (χ4n) is 4.47. The zero-order chi connectivity index (χ0) is 20.4. The van der Waals surface area contributed by atoms with Gasteiger partial charge < -0.3 is 5.32 Å². The van der Waals surface area contributed by atoms with E-state index >= 15 is 0 Å². The summed E-state index contributed by atoms with van der Waals surface area (Å²) in [7, 11) is 2.08. The first-order valence-corrected chi connectivity index (χ1v) is 11.2. The molecule has 1 saturated carbocycles. The lowest BCUT2D eigenvalue weighted by molar-refractivity contribution is 0.0482. The molecule has 0 bridgehead atoms. The van der Waals surface area contributed by atoms with Crippen LogP contribution in [0.15, 0.2) is 54.6 Å². The molecule has 1 fully saturated rings. The second-order valence-electron chi connectivity index (χ2n) is 7.61. The van der Waals surface area contributed by atoms with Gasteiger partial charge in [0.1, 0.15) is 0 Å². The maximum Gasteiger partial charge on any atom is 0.0461 e. The molecule has 0 heterocycles. The molecule has 0 aromatic heterocycles. The summed E-state index contributed by atoms with van der Waals surface area (Å²) >= 11 is 6.07. The lowest BCUT2D eigenvalue weighted by atomic mass is 9.73. The minimum atomic E-state index is 0.196. The molecular weight excluding hydrogens is 364 g/mol. The Balaban J connectivity index is 0.000000292. The Kier molecular flexibility index (Phi) is 9.50. The van der Waals surface area contributed by atoms with Gasteiger partial charge in [-0.1, -0.05) is 74.8 Å². The predicted octanol–water partition coefficient (Wildman–Crippen LogP) is 6.29. The smallest absolute Gasteiger partial charge is 0.0461 e. The zero-order valence-corrected chi connectivity index (χ0v) is 18.8. The first kappa shape index (κ1) is 22.9. The van der Waals surface area contributed by atoms with Crippen molar-refractivity contribution in [2.24, 2.45) is 0 Å². The quantitative estimate of drug-likeness (QED) is 0.613. The normalized spacial score (nSPS) is 21.9. The third kappa shape index (κ3) is 5.83. The number of halogens is 1. The van der Waals surface area contributed by atoms with Crippen LogP contribution < -0.4 is 5.32 Å². The molecular formula is C25H37ClN2. The monoisotopic (exact) mass is 400 g/mol. The van der Waals surface area contributed by atoms with Crippen LogP contribution >= 0.6 is 11.6 Å². The van der Waals surface area contributed by atoms with Crippen LogP contribution in [-0.2, 0) is 12.0 Å². The van der Waals surface area contributed by atoms with E-state index in [2.05, 4.69) is 74.4 Å². The van der Waals surface area contributed by atoms with E-state index in [9.17, 15) is 0 Å². The van der Waals surface area contributed by atoms with Gasteiger partial charge in [-0.15, -0.1) is 0 Å². The van der Waals surface area contributed by atoms with Crippen LogP contribution in [0, 0.1) is 0 Å². The molecule has 0 radical (unpaired) electrons. The largest absolute Gasteiger partial charge is 0.317 e. The van der Waals surface area contributed by atoms with E-state index < -0.39 is 0 Å². The van der Waals surface area contributed by atoms with Crippen LogP contribution in [0.1, 0.15) is 57.6 Å². The molecule has 2 aromatic rings. The summed E-state index contributed by atoms with van der Waals surface area (Å²) in [6.07, 6.45) is 6.08. The Bertz CT molecular complexity index is 657. The topological polar surface area (TPSA) is 15.3 Å². The molecule has 28 heavy (non-hydrogen) atoms. The second kappa shape index (κ2) is 11.6. The van der Waals surface area contributed by atoms with Gasteiger partial charge >= 0.3 is 0 Å². The maximum absolute atomic E-state index is 6.07. The van der Waals surface area contributed by atoms with Crippen LogP contribution in [0.2, 0.25) is 5.02 Å². The van der Waals surface area contributed by atoms with Crippen LogP contribution in [0.5, 0.6) is 0 Å². The first-order chi connectivity index (χ1) is 13.6. The third-order valence-corrected chi connectivity index (χ3v) is 6.47. The van der Waals surface area contributed by atoms with Gasteiger partial charge in [-0.05, 0) is 75.5 Å². The fourth-order valence-corrected chi connectivity index (χ4v) is 4.60. The summed E-state index contributed by atoms with van der Waals surface area (Å²) in [5.41, 5.74) is 3.04. The minimum Gasteiger partial charge on any atom is -0.317 e. The van der Waals surface area contributed by atoms with E-state index in [0.717, 1.165) is 24.5 Å². The maximum atomic E-state index is 6.07. The highest BCUT2D eigenvalue weighted by atomic mass is 35.5. The van der Waals surface area contributed by atoms with E-state index in [-0.39, 0.29) is 5.54 Å². The highest BCUT2D eigenvalue weighted by molar-refractivity contribution is 6.30. The lowest BCUT2D eigenvalue weighted by Gasteiger charge is -2.48. The van der Waals surface area contributed by atoms with Gasteiger partial charge in [0.15, 0.2) is 0 Å². The minimum absolute atomic E-state index is 0.196. The molecule has 3 heteroatoms. The molecule has 154 valence electrons. The summed E-state index contributed by atoms with van der Waals surface area (Å²) in [4.78, 5) is 2.63. The van der Waals surface area contributed by atoms with Gasteiger partial charge in [-0.2, -0.15) is 0 Å². The summed E-state index contributed by atoms with van der Waals surface area (Å²) in [5, 5.41) is 4.26. The van der Waals surface area contributed by atoms with Crippen molar-refractivity contribution in [1.82, 2.24) is 10.2 Å². The lowest BCUT2D eigenvalue weighted by Crippen LogP contribution is -2.50. The zero-order valence-electron chi connectivity index (χ0n) is 18.0. The summed E-state index contributed by atoms with van der Waals surface area (Å²) in [6.45, 7) is 8.90. The van der Waals surface area contributed by atoms with E-state index in [1.54, 1.807) is 0 Å². The number of benzene rings is 2. The standard InChI is InChI=1S/C17H27ClN2.C8H10/c1-4-20(5-2)17(12-10-16(19-3)11-13-17)14-6-8-15(18)9-7-14;1-2-8-6-4-3-5-7-8/h6-9,16,19H,4-5,10-13H2,1-3H3;3-7H,2H2,1H3. The first-order valence-electron chi connectivity index (χ1n) is 10.8.